The van der Waals surface area contributed by atoms with Crippen molar-refractivity contribution in [2.75, 3.05) is 11.4 Å². The Morgan fingerprint density at radius 3 is 2.27 bits per heavy atom. The van der Waals surface area contributed by atoms with E-state index in [0.717, 1.165) is 26.1 Å². The minimum absolute atomic E-state index is 0.225. The number of carbonyl (C=O) groups is 1. The van der Waals surface area contributed by atoms with Gasteiger partial charge in [-0.25, -0.2) is 0 Å². The van der Waals surface area contributed by atoms with E-state index in [0.29, 0.717) is 12.3 Å². The second kappa shape index (κ2) is 7.94. The Hall–Kier alpha value is -2.29. The number of rotatable bonds is 6. The van der Waals surface area contributed by atoms with Gasteiger partial charge in [0.25, 0.3) is 0 Å². The zero-order valence-electron chi connectivity index (χ0n) is 15.4. The molecule has 1 aliphatic heterocycles. The third-order valence-corrected chi connectivity index (χ3v) is 5.83. The molecule has 136 valence electrons. The van der Waals surface area contributed by atoms with Crippen LogP contribution in [0.5, 0.6) is 0 Å². The molecule has 0 saturated heterocycles. The fourth-order valence-electron chi connectivity index (χ4n) is 4.28. The monoisotopic (exact) mass is 348 g/mol. The molecule has 0 bridgehead atoms. The van der Waals surface area contributed by atoms with Gasteiger partial charge in [-0.2, -0.15) is 0 Å². The molecule has 1 N–H and O–H groups in total. The molecule has 3 heteroatoms. The second-order valence-electron chi connectivity index (χ2n) is 7.75. The van der Waals surface area contributed by atoms with E-state index in [9.17, 15) is 4.79 Å². The molecule has 26 heavy (non-hydrogen) atoms. The fraction of sp³-hybridized carbons (Fsp3) is 0.435. The minimum atomic E-state index is 0.225. The predicted octanol–water partition coefficient (Wildman–Crippen LogP) is 4.45. The number of nitrogens with zero attached hydrogens (tertiary/aromatic N) is 1. The summed E-state index contributed by atoms with van der Waals surface area (Å²) < 4.78 is 0. The number of carbonyl (C=O) groups excluding carboxylic acids is 1. The van der Waals surface area contributed by atoms with E-state index in [4.69, 9.17) is 0 Å². The predicted molar refractivity (Wildman–Crippen MR) is 106 cm³/mol. The van der Waals surface area contributed by atoms with Gasteiger partial charge in [-0.1, -0.05) is 49.2 Å². The van der Waals surface area contributed by atoms with Crippen LogP contribution in [0.15, 0.2) is 48.5 Å². The molecule has 0 unspecified atom stereocenters. The summed E-state index contributed by atoms with van der Waals surface area (Å²) in [6, 6.07) is 17.5. The van der Waals surface area contributed by atoms with Crippen LogP contribution in [0.3, 0.4) is 0 Å². The summed E-state index contributed by atoms with van der Waals surface area (Å²) in [5.41, 5.74) is 5.42. The highest BCUT2D eigenvalue weighted by atomic mass is 16.1. The first-order valence-corrected chi connectivity index (χ1v) is 9.95. The first-order chi connectivity index (χ1) is 12.8. The van der Waals surface area contributed by atoms with Gasteiger partial charge < -0.3 is 10.2 Å². The maximum atomic E-state index is 12.0. The van der Waals surface area contributed by atoms with Gasteiger partial charge in [0.15, 0.2) is 0 Å². The van der Waals surface area contributed by atoms with Crippen LogP contribution in [0, 0.1) is 5.92 Å². The van der Waals surface area contributed by atoms with Crippen LogP contribution in [0.2, 0.25) is 0 Å². The first kappa shape index (κ1) is 17.1. The van der Waals surface area contributed by atoms with E-state index in [2.05, 4.69) is 58.7 Å². The average molecular weight is 348 g/mol. The normalized spacial score (nSPS) is 16.7. The van der Waals surface area contributed by atoms with Crippen molar-refractivity contribution in [3.05, 3.63) is 65.2 Å². The lowest BCUT2D eigenvalue weighted by atomic mass is 10.0. The van der Waals surface area contributed by atoms with Crippen molar-refractivity contribution in [3.8, 4) is 0 Å². The number of hydrogen-bond acceptors (Lipinski definition) is 2. The molecule has 1 heterocycles. The van der Waals surface area contributed by atoms with Crippen molar-refractivity contribution in [2.45, 2.75) is 51.6 Å². The van der Waals surface area contributed by atoms with Crippen LogP contribution in [0.1, 0.15) is 48.8 Å². The third-order valence-electron chi connectivity index (χ3n) is 5.83. The molecule has 3 nitrogen and oxygen atoms in total. The lowest BCUT2D eigenvalue weighted by Crippen LogP contribution is -2.27. The molecule has 0 spiro atoms. The van der Waals surface area contributed by atoms with Gasteiger partial charge >= 0.3 is 0 Å². The Labute approximate surface area is 156 Å². The van der Waals surface area contributed by atoms with E-state index in [1.54, 1.807) is 0 Å². The Morgan fingerprint density at radius 2 is 1.62 bits per heavy atom. The lowest BCUT2D eigenvalue weighted by Gasteiger charge is -2.18. The second-order valence-corrected chi connectivity index (χ2v) is 7.75. The summed E-state index contributed by atoms with van der Waals surface area (Å²) in [6.07, 6.45) is 6.68. The zero-order valence-corrected chi connectivity index (χ0v) is 15.4. The minimum Gasteiger partial charge on any atom is -0.363 e. The van der Waals surface area contributed by atoms with Crippen LogP contribution < -0.4 is 10.2 Å². The summed E-state index contributed by atoms with van der Waals surface area (Å²) >= 11 is 0. The highest BCUT2D eigenvalue weighted by Gasteiger charge is 2.19. The van der Waals surface area contributed by atoms with Crippen LogP contribution in [0.25, 0.3) is 0 Å². The summed E-state index contributed by atoms with van der Waals surface area (Å²) in [6.45, 7) is 2.72. The molecular formula is C23H28N2O. The number of anilines is 1. The Morgan fingerprint density at radius 1 is 0.962 bits per heavy atom. The van der Waals surface area contributed by atoms with E-state index >= 15 is 0 Å². The molecule has 1 aliphatic carbocycles. The summed E-state index contributed by atoms with van der Waals surface area (Å²) in [4.78, 5) is 14.4. The third kappa shape index (κ3) is 4.09. The van der Waals surface area contributed by atoms with Crippen molar-refractivity contribution in [2.24, 2.45) is 5.92 Å². The Balaban J connectivity index is 1.24. The number of benzene rings is 2. The highest BCUT2D eigenvalue weighted by molar-refractivity contribution is 5.76. The largest absolute Gasteiger partial charge is 0.363 e. The van der Waals surface area contributed by atoms with E-state index in [-0.39, 0.29) is 5.91 Å². The van der Waals surface area contributed by atoms with Crippen LogP contribution >= 0.6 is 0 Å². The van der Waals surface area contributed by atoms with Crippen LogP contribution in [-0.2, 0) is 24.3 Å². The maximum Gasteiger partial charge on any atom is 0.220 e. The van der Waals surface area contributed by atoms with E-state index in [1.807, 2.05) is 0 Å². The quantitative estimate of drug-likeness (QED) is 0.837. The molecule has 4 rings (SSSR count). The molecule has 0 radical (unpaired) electrons. The van der Waals surface area contributed by atoms with Crippen LogP contribution in [-0.4, -0.2) is 12.5 Å². The summed E-state index contributed by atoms with van der Waals surface area (Å²) in [7, 11) is 0. The first-order valence-electron chi connectivity index (χ1n) is 9.95. The van der Waals surface area contributed by atoms with Gasteiger partial charge in [-0.15, -0.1) is 0 Å². The summed E-state index contributed by atoms with van der Waals surface area (Å²) in [5, 5.41) is 3.09. The molecule has 2 aromatic rings. The molecule has 0 aromatic heterocycles. The van der Waals surface area contributed by atoms with E-state index in [1.165, 1.54) is 48.1 Å². The maximum absolute atomic E-state index is 12.0. The van der Waals surface area contributed by atoms with Crippen molar-refractivity contribution in [3.63, 3.8) is 0 Å². The number of nitrogens with one attached hydrogen (secondary N) is 1. The Kier molecular flexibility index (Phi) is 5.24. The molecule has 0 atom stereocenters. The standard InChI is InChI=1S/C23H28N2O/c26-23(15-19-5-1-2-6-19)24-14-13-18-9-11-22(12-10-18)25-16-20-7-3-4-8-21(20)17-25/h3-4,7-12,19H,1-2,5-6,13-17H2,(H,24,26). The zero-order chi connectivity index (χ0) is 17.8. The molecule has 2 aliphatic rings. The van der Waals surface area contributed by atoms with Crippen molar-refractivity contribution in [1.29, 1.82) is 0 Å². The lowest BCUT2D eigenvalue weighted by molar-refractivity contribution is -0.121. The molecular weight excluding hydrogens is 320 g/mol. The van der Waals surface area contributed by atoms with Crippen molar-refractivity contribution in [1.82, 2.24) is 5.32 Å². The highest BCUT2D eigenvalue weighted by Crippen LogP contribution is 2.28. The Bertz CT molecular complexity index is 722. The van der Waals surface area contributed by atoms with Gasteiger partial charge in [-0.3, -0.25) is 4.79 Å². The average Bonchev–Trinajstić information content (AvgIpc) is 3.31. The molecule has 1 amide bonds. The van der Waals surface area contributed by atoms with E-state index < -0.39 is 0 Å². The molecule has 1 fully saturated rings. The topological polar surface area (TPSA) is 32.3 Å². The summed E-state index contributed by atoms with van der Waals surface area (Å²) in [5.74, 6) is 0.849. The molecule has 1 saturated carbocycles. The van der Waals surface area contributed by atoms with Gasteiger partial charge in [-0.05, 0) is 54.0 Å². The van der Waals surface area contributed by atoms with Gasteiger partial charge in [0.1, 0.15) is 0 Å². The van der Waals surface area contributed by atoms with Gasteiger partial charge in [0, 0.05) is 31.7 Å². The number of fused-ring (bicyclic) bond motifs is 1. The fourth-order valence-corrected chi connectivity index (χ4v) is 4.28. The number of amides is 1. The van der Waals surface area contributed by atoms with Gasteiger partial charge in [0.05, 0.1) is 0 Å². The van der Waals surface area contributed by atoms with Crippen LogP contribution in [0.4, 0.5) is 5.69 Å². The van der Waals surface area contributed by atoms with Crippen molar-refractivity contribution < 1.29 is 4.79 Å². The SMILES string of the molecule is O=C(CC1CCCC1)NCCc1ccc(N2Cc3ccccc3C2)cc1. The van der Waals surface area contributed by atoms with Gasteiger partial charge in [0.2, 0.25) is 5.91 Å². The number of hydrogen-bond donors (Lipinski definition) is 1. The molecule has 2 aromatic carbocycles. The smallest absolute Gasteiger partial charge is 0.220 e. The van der Waals surface area contributed by atoms with Crippen molar-refractivity contribution >= 4 is 11.6 Å².